The van der Waals surface area contributed by atoms with Crippen molar-refractivity contribution in [1.82, 2.24) is 15.1 Å². The molecule has 0 unspecified atom stereocenters. The van der Waals surface area contributed by atoms with Crippen LogP contribution in [0.3, 0.4) is 0 Å². The van der Waals surface area contributed by atoms with Gasteiger partial charge < -0.3 is 14.7 Å². The fourth-order valence-electron chi connectivity index (χ4n) is 5.08. The number of hydrogen-bond acceptors (Lipinski definition) is 5. The van der Waals surface area contributed by atoms with Crippen molar-refractivity contribution in [1.29, 1.82) is 0 Å². The van der Waals surface area contributed by atoms with Crippen LogP contribution in [-0.2, 0) is 6.42 Å². The normalized spacial score (nSPS) is 17.1. The zero-order chi connectivity index (χ0) is 23.3. The van der Waals surface area contributed by atoms with Gasteiger partial charge in [0.15, 0.2) is 11.5 Å². The van der Waals surface area contributed by atoms with E-state index in [2.05, 4.69) is 81.5 Å². The first-order chi connectivity index (χ1) is 16.7. The van der Waals surface area contributed by atoms with Gasteiger partial charge in [-0.15, -0.1) is 10.2 Å². The average molecular weight is 456 g/mol. The van der Waals surface area contributed by atoms with Crippen LogP contribution in [0.25, 0.3) is 0 Å². The molecular weight excluding hydrogens is 422 g/mol. The highest BCUT2D eigenvalue weighted by molar-refractivity contribution is 5.92. The third-order valence-electron chi connectivity index (χ3n) is 7.11. The van der Waals surface area contributed by atoms with Crippen LogP contribution in [0.4, 0.5) is 11.5 Å². The molecule has 6 heteroatoms. The number of piperidine rings is 1. The van der Waals surface area contributed by atoms with Gasteiger partial charge in [-0.25, -0.2) is 0 Å². The number of benzene rings is 2. The average Bonchev–Trinajstić information content (AvgIpc) is 2.90. The predicted molar refractivity (Wildman–Crippen MR) is 136 cm³/mol. The van der Waals surface area contributed by atoms with E-state index in [0.717, 1.165) is 51.3 Å². The Morgan fingerprint density at radius 2 is 1.59 bits per heavy atom. The summed E-state index contributed by atoms with van der Waals surface area (Å²) in [6.45, 7) is 7.15. The fraction of sp³-hybridized carbons (Fsp3) is 0.393. The quantitative estimate of drug-likeness (QED) is 0.577. The molecule has 2 aromatic carbocycles. The molecule has 0 atom stereocenters. The van der Waals surface area contributed by atoms with Gasteiger partial charge in [-0.05, 0) is 67.5 Å². The second-order valence-electron chi connectivity index (χ2n) is 9.52. The highest BCUT2D eigenvalue weighted by Crippen LogP contribution is 2.25. The third-order valence-corrected chi connectivity index (χ3v) is 7.11. The van der Waals surface area contributed by atoms with Gasteiger partial charge in [-0.1, -0.05) is 42.5 Å². The van der Waals surface area contributed by atoms with E-state index in [1.807, 2.05) is 17.0 Å². The Labute approximate surface area is 202 Å². The minimum absolute atomic E-state index is 0.0236. The fourth-order valence-corrected chi connectivity index (χ4v) is 5.08. The van der Waals surface area contributed by atoms with Crippen LogP contribution in [0.5, 0.6) is 0 Å². The first kappa shape index (κ1) is 22.4. The number of carbonyl (C=O) groups excluding carboxylic acids is 1. The zero-order valence-electron chi connectivity index (χ0n) is 19.9. The molecule has 176 valence electrons. The van der Waals surface area contributed by atoms with Crippen molar-refractivity contribution in [3.8, 4) is 0 Å². The Morgan fingerprint density at radius 3 is 2.26 bits per heavy atom. The molecule has 5 rings (SSSR count). The van der Waals surface area contributed by atoms with Crippen molar-refractivity contribution in [3.63, 3.8) is 0 Å². The van der Waals surface area contributed by atoms with E-state index in [4.69, 9.17) is 0 Å². The van der Waals surface area contributed by atoms with Crippen LogP contribution in [0.2, 0.25) is 0 Å². The predicted octanol–water partition coefficient (Wildman–Crippen LogP) is 4.21. The molecule has 0 spiro atoms. The number of piperazine rings is 1. The largest absolute Gasteiger partial charge is 0.368 e. The second-order valence-corrected chi connectivity index (χ2v) is 9.52. The van der Waals surface area contributed by atoms with E-state index in [1.165, 1.54) is 16.8 Å². The van der Waals surface area contributed by atoms with E-state index in [-0.39, 0.29) is 5.91 Å². The maximum absolute atomic E-state index is 13.0. The lowest BCUT2D eigenvalue weighted by molar-refractivity contribution is 0.0739. The van der Waals surface area contributed by atoms with Crippen LogP contribution in [0.15, 0.2) is 66.7 Å². The molecule has 0 saturated carbocycles. The summed E-state index contributed by atoms with van der Waals surface area (Å²) < 4.78 is 0. The molecule has 0 bridgehead atoms. The summed E-state index contributed by atoms with van der Waals surface area (Å²) in [5, 5.41) is 8.73. The summed E-state index contributed by atoms with van der Waals surface area (Å²) in [5.41, 5.74) is 4.34. The van der Waals surface area contributed by atoms with Crippen LogP contribution >= 0.6 is 0 Å². The number of anilines is 2. The van der Waals surface area contributed by atoms with E-state index < -0.39 is 0 Å². The lowest BCUT2D eigenvalue weighted by Crippen LogP contribution is -2.49. The molecule has 1 amide bonds. The van der Waals surface area contributed by atoms with Crippen molar-refractivity contribution in [3.05, 3.63) is 83.6 Å². The Kier molecular flexibility index (Phi) is 6.74. The van der Waals surface area contributed by atoms with Crippen molar-refractivity contribution in [2.75, 3.05) is 49.1 Å². The SMILES string of the molecule is Cc1cccc(N2CCN(C(=O)c3ccc(N4CCC(Cc5ccccc5)CC4)nn3)CC2)c1. The van der Waals surface area contributed by atoms with Crippen LogP contribution in [0.1, 0.15) is 34.5 Å². The van der Waals surface area contributed by atoms with Crippen LogP contribution in [0, 0.1) is 12.8 Å². The van der Waals surface area contributed by atoms with Gasteiger partial charge in [0.1, 0.15) is 0 Å². The van der Waals surface area contributed by atoms with E-state index in [1.54, 1.807) is 0 Å². The van der Waals surface area contributed by atoms with Gasteiger partial charge in [0.25, 0.3) is 5.91 Å². The number of amides is 1. The van der Waals surface area contributed by atoms with Gasteiger partial charge in [-0.3, -0.25) is 4.79 Å². The topological polar surface area (TPSA) is 52.6 Å². The number of aryl methyl sites for hydroxylation is 1. The Hall–Kier alpha value is -3.41. The van der Waals surface area contributed by atoms with Gasteiger partial charge in [-0.2, -0.15) is 0 Å². The van der Waals surface area contributed by atoms with Crippen molar-refractivity contribution >= 4 is 17.4 Å². The first-order valence-electron chi connectivity index (χ1n) is 12.4. The Morgan fingerprint density at radius 1 is 0.824 bits per heavy atom. The monoisotopic (exact) mass is 455 g/mol. The highest BCUT2D eigenvalue weighted by atomic mass is 16.2. The minimum atomic E-state index is -0.0236. The number of carbonyl (C=O) groups is 1. The van der Waals surface area contributed by atoms with E-state index >= 15 is 0 Å². The zero-order valence-corrected chi connectivity index (χ0v) is 19.9. The molecule has 0 N–H and O–H groups in total. The summed E-state index contributed by atoms with van der Waals surface area (Å²) in [6, 6.07) is 23.1. The molecule has 2 aliphatic rings. The maximum atomic E-state index is 13.0. The van der Waals surface area contributed by atoms with Gasteiger partial charge in [0.05, 0.1) is 0 Å². The van der Waals surface area contributed by atoms with Gasteiger partial charge >= 0.3 is 0 Å². The summed E-state index contributed by atoms with van der Waals surface area (Å²) in [7, 11) is 0. The Bertz CT molecular complexity index is 1090. The van der Waals surface area contributed by atoms with E-state index in [0.29, 0.717) is 24.7 Å². The summed E-state index contributed by atoms with van der Waals surface area (Å²) in [5.74, 6) is 1.56. The maximum Gasteiger partial charge on any atom is 0.274 e. The van der Waals surface area contributed by atoms with Crippen molar-refractivity contribution in [2.45, 2.75) is 26.2 Å². The summed E-state index contributed by atoms with van der Waals surface area (Å²) in [6.07, 6.45) is 3.45. The molecule has 3 heterocycles. The smallest absolute Gasteiger partial charge is 0.274 e. The molecule has 2 fully saturated rings. The van der Waals surface area contributed by atoms with Gasteiger partial charge in [0.2, 0.25) is 0 Å². The molecule has 3 aromatic rings. The second kappa shape index (κ2) is 10.2. The lowest BCUT2D eigenvalue weighted by Gasteiger charge is -2.36. The van der Waals surface area contributed by atoms with Crippen LogP contribution < -0.4 is 9.80 Å². The summed E-state index contributed by atoms with van der Waals surface area (Å²) >= 11 is 0. The Balaban J connectivity index is 1.12. The van der Waals surface area contributed by atoms with E-state index in [9.17, 15) is 4.79 Å². The molecular formula is C28H33N5O. The number of hydrogen-bond donors (Lipinski definition) is 0. The molecule has 0 radical (unpaired) electrons. The number of rotatable bonds is 5. The molecule has 34 heavy (non-hydrogen) atoms. The van der Waals surface area contributed by atoms with Crippen molar-refractivity contribution < 1.29 is 4.79 Å². The third kappa shape index (κ3) is 5.22. The van der Waals surface area contributed by atoms with Crippen molar-refractivity contribution in [2.24, 2.45) is 5.92 Å². The molecule has 0 aliphatic carbocycles. The lowest BCUT2D eigenvalue weighted by atomic mass is 9.90. The van der Waals surface area contributed by atoms with Gasteiger partial charge in [0, 0.05) is 45.0 Å². The first-order valence-corrected chi connectivity index (χ1v) is 12.4. The minimum Gasteiger partial charge on any atom is -0.368 e. The highest BCUT2D eigenvalue weighted by Gasteiger charge is 2.25. The standard InChI is InChI=1S/C28H33N5O/c1-22-6-5-9-25(20-22)31-16-18-33(19-17-31)28(34)26-10-11-27(30-29-26)32-14-12-24(13-15-32)21-23-7-3-2-4-8-23/h2-11,20,24H,12-19,21H2,1H3. The number of aromatic nitrogens is 2. The molecule has 6 nitrogen and oxygen atoms in total. The molecule has 1 aromatic heterocycles. The number of nitrogens with zero attached hydrogens (tertiary/aromatic N) is 5. The molecule has 2 saturated heterocycles. The molecule has 2 aliphatic heterocycles. The van der Waals surface area contributed by atoms with Crippen LogP contribution in [-0.4, -0.2) is 60.3 Å². The summed E-state index contributed by atoms with van der Waals surface area (Å²) in [4.78, 5) is 19.5.